The van der Waals surface area contributed by atoms with Crippen molar-refractivity contribution in [2.24, 2.45) is 22.2 Å². The minimum atomic E-state index is -0.222. The van der Waals surface area contributed by atoms with Crippen molar-refractivity contribution in [2.75, 3.05) is 0 Å². The summed E-state index contributed by atoms with van der Waals surface area (Å²) < 4.78 is 0. The Kier molecular flexibility index (Phi) is 5.02. The van der Waals surface area contributed by atoms with Gasteiger partial charge in [0.05, 0.1) is 0 Å². The predicted octanol–water partition coefficient (Wildman–Crippen LogP) is 5.09. The molecule has 0 aromatic rings. The highest BCUT2D eigenvalue weighted by atomic mass is 16.1. The molecule has 0 fully saturated rings. The topological polar surface area (TPSA) is 17.1 Å². The van der Waals surface area contributed by atoms with Gasteiger partial charge in [-0.15, -0.1) is 0 Å². The molecule has 0 bridgehead atoms. The number of rotatable bonds is 4. The number of ketones is 1. The van der Waals surface area contributed by atoms with Crippen LogP contribution in [0.5, 0.6) is 0 Å². The molecule has 0 spiro atoms. The molecule has 0 aliphatic heterocycles. The van der Waals surface area contributed by atoms with Crippen LogP contribution in [-0.2, 0) is 4.79 Å². The van der Waals surface area contributed by atoms with Crippen molar-refractivity contribution in [3.8, 4) is 0 Å². The summed E-state index contributed by atoms with van der Waals surface area (Å²) in [6, 6.07) is 0. The fourth-order valence-corrected chi connectivity index (χ4v) is 2.91. The van der Waals surface area contributed by atoms with Crippen molar-refractivity contribution in [3.05, 3.63) is 0 Å². The van der Waals surface area contributed by atoms with E-state index in [-0.39, 0.29) is 16.2 Å². The quantitative estimate of drug-likeness (QED) is 0.669. The zero-order chi connectivity index (χ0) is 14.1. The molecule has 1 heteroatoms. The Morgan fingerprint density at radius 2 is 1.35 bits per heavy atom. The van der Waals surface area contributed by atoms with E-state index < -0.39 is 0 Å². The molecule has 102 valence electrons. The normalized spacial score (nSPS) is 15.8. The Balaban J connectivity index is 5.27. The Bertz CT molecular complexity index is 260. The van der Waals surface area contributed by atoms with Gasteiger partial charge in [-0.05, 0) is 23.2 Å². The summed E-state index contributed by atoms with van der Waals surface area (Å²) in [4.78, 5) is 12.2. The van der Waals surface area contributed by atoms with Crippen LogP contribution in [0.4, 0.5) is 0 Å². The number of hydrogen-bond acceptors (Lipinski definition) is 1. The lowest BCUT2D eigenvalue weighted by Gasteiger charge is -2.45. The van der Waals surface area contributed by atoms with E-state index in [2.05, 4.69) is 55.4 Å². The molecule has 0 aliphatic carbocycles. The van der Waals surface area contributed by atoms with Crippen molar-refractivity contribution >= 4 is 5.78 Å². The molecular weight excluding hydrogens is 208 g/mol. The molecule has 0 amide bonds. The lowest BCUT2D eigenvalue weighted by Crippen LogP contribution is -2.42. The van der Waals surface area contributed by atoms with E-state index in [1.165, 1.54) is 0 Å². The van der Waals surface area contributed by atoms with Crippen molar-refractivity contribution in [1.29, 1.82) is 0 Å². The van der Waals surface area contributed by atoms with Gasteiger partial charge < -0.3 is 0 Å². The van der Waals surface area contributed by atoms with Gasteiger partial charge in [-0.25, -0.2) is 0 Å². The minimum absolute atomic E-state index is 0.168. The first-order chi connectivity index (χ1) is 7.32. The van der Waals surface area contributed by atoms with Gasteiger partial charge in [0.15, 0.2) is 0 Å². The summed E-state index contributed by atoms with van der Waals surface area (Å²) in [5.74, 6) is 0.809. The van der Waals surface area contributed by atoms with E-state index in [1.54, 1.807) is 0 Å². The maximum Gasteiger partial charge on any atom is 0.138 e. The fourth-order valence-electron chi connectivity index (χ4n) is 2.91. The van der Waals surface area contributed by atoms with Gasteiger partial charge in [-0.3, -0.25) is 4.79 Å². The average Bonchev–Trinajstić information content (AvgIpc) is 2.09. The van der Waals surface area contributed by atoms with Crippen molar-refractivity contribution < 1.29 is 4.79 Å². The summed E-state index contributed by atoms with van der Waals surface area (Å²) in [6.45, 7) is 19.8. The highest BCUT2D eigenvalue weighted by molar-refractivity contribution is 5.84. The third-order valence-electron chi connectivity index (χ3n) is 3.77. The monoisotopic (exact) mass is 240 g/mol. The molecular formula is C16H32O. The second-order valence-electron chi connectivity index (χ2n) is 8.18. The van der Waals surface area contributed by atoms with Crippen LogP contribution >= 0.6 is 0 Å². The lowest BCUT2D eigenvalue weighted by atomic mass is 9.59. The molecule has 0 rings (SSSR count). The Morgan fingerprint density at radius 1 is 0.941 bits per heavy atom. The van der Waals surface area contributed by atoms with E-state index in [0.29, 0.717) is 18.1 Å². The number of carbonyl (C=O) groups is 1. The van der Waals surface area contributed by atoms with Crippen LogP contribution in [0.15, 0.2) is 0 Å². The van der Waals surface area contributed by atoms with Crippen LogP contribution < -0.4 is 0 Å². The van der Waals surface area contributed by atoms with E-state index in [1.807, 2.05) is 6.92 Å². The SMILES string of the molecule is CCC(=O)C(C)(C)C(CC(C)(C)C)C(C)(C)C. The van der Waals surface area contributed by atoms with Crippen LogP contribution in [0.2, 0.25) is 0 Å². The fraction of sp³-hybridized carbons (Fsp3) is 0.938. The molecule has 0 radical (unpaired) electrons. The summed E-state index contributed by atoms with van der Waals surface area (Å²) >= 11 is 0. The third kappa shape index (κ3) is 4.81. The maximum absolute atomic E-state index is 12.2. The smallest absolute Gasteiger partial charge is 0.138 e. The summed E-state index contributed by atoms with van der Waals surface area (Å²) in [5.41, 5.74) is 0.213. The maximum atomic E-state index is 12.2. The van der Waals surface area contributed by atoms with Gasteiger partial charge in [0, 0.05) is 11.8 Å². The van der Waals surface area contributed by atoms with Crippen molar-refractivity contribution in [1.82, 2.24) is 0 Å². The number of carbonyl (C=O) groups excluding carboxylic acids is 1. The van der Waals surface area contributed by atoms with Crippen LogP contribution in [0.1, 0.15) is 75.2 Å². The Morgan fingerprint density at radius 3 is 1.59 bits per heavy atom. The van der Waals surface area contributed by atoms with E-state index in [0.717, 1.165) is 6.42 Å². The first-order valence-corrected chi connectivity index (χ1v) is 6.85. The molecule has 1 nitrogen and oxygen atoms in total. The molecule has 17 heavy (non-hydrogen) atoms. The van der Waals surface area contributed by atoms with Crippen molar-refractivity contribution in [2.45, 2.75) is 75.2 Å². The first-order valence-electron chi connectivity index (χ1n) is 6.85. The van der Waals surface area contributed by atoms with Gasteiger partial charge in [0.25, 0.3) is 0 Å². The standard InChI is InChI=1S/C16H32O/c1-10-13(17)16(8,9)12(15(5,6)7)11-14(2,3)4/h12H,10-11H2,1-9H3. The van der Waals surface area contributed by atoms with Crippen molar-refractivity contribution in [3.63, 3.8) is 0 Å². The first kappa shape index (κ1) is 16.7. The lowest BCUT2D eigenvalue weighted by molar-refractivity contribution is -0.133. The van der Waals surface area contributed by atoms with Gasteiger partial charge in [-0.1, -0.05) is 62.3 Å². The van der Waals surface area contributed by atoms with Gasteiger partial charge in [0.1, 0.15) is 5.78 Å². The highest BCUT2D eigenvalue weighted by Gasteiger charge is 2.43. The molecule has 0 saturated heterocycles. The van der Waals surface area contributed by atoms with Crippen LogP contribution in [0.3, 0.4) is 0 Å². The van der Waals surface area contributed by atoms with Gasteiger partial charge >= 0.3 is 0 Å². The van der Waals surface area contributed by atoms with Gasteiger partial charge in [0.2, 0.25) is 0 Å². The summed E-state index contributed by atoms with van der Waals surface area (Å²) in [7, 11) is 0. The minimum Gasteiger partial charge on any atom is -0.299 e. The number of hydrogen-bond donors (Lipinski definition) is 0. The highest BCUT2D eigenvalue weighted by Crippen LogP contribution is 2.47. The molecule has 1 unspecified atom stereocenters. The van der Waals surface area contributed by atoms with E-state index >= 15 is 0 Å². The van der Waals surface area contributed by atoms with Crippen LogP contribution in [0.25, 0.3) is 0 Å². The zero-order valence-electron chi connectivity index (χ0n) is 13.4. The average molecular weight is 240 g/mol. The Hall–Kier alpha value is -0.330. The molecule has 0 N–H and O–H groups in total. The molecule has 0 aromatic heterocycles. The Labute approximate surface area is 108 Å². The zero-order valence-corrected chi connectivity index (χ0v) is 13.4. The molecule has 0 heterocycles. The largest absolute Gasteiger partial charge is 0.299 e. The van der Waals surface area contributed by atoms with E-state index in [9.17, 15) is 4.79 Å². The molecule has 0 aromatic carbocycles. The molecule has 1 atom stereocenters. The molecule has 0 saturated carbocycles. The predicted molar refractivity (Wildman–Crippen MR) is 76.1 cm³/mol. The molecule has 0 aliphatic rings. The van der Waals surface area contributed by atoms with E-state index in [4.69, 9.17) is 0 Å². The van der Waals surface area contributed by atoms with Crippen LogP contribution in [-0.4, -0.2) is 5.78 Å². The van der Waals surface area contributed by atoms with Crippen LogP contribution in [0, 0.1) is 22.2 Å². The summed E-state index contributed by atoms with van der Waals surface area (Å²) in [6.07, 6.45) is 1.74. The third-order valence-corrected chi connectivity index (χ3v) is 3.77. The second-order valence-corrected chi connectivity index (χ2v) is 8.18. The van der Waals surface area contributed by atoms with Gasteiger partial charge in [-0.2, -0.15) is 0 Å². The second kappa shape index (κ2) is 5.12. The summed E-state index contributed by atoms with van der Waals surface area (Å²) in [5, 5.41) is 0. The number of Topliss-reactive ketones (excluding diaryl/α,β-unsaturated/α-hetero) is 1.